The van der Waals surface area contributed by atoms with Crippen molar-refractivity contribution in [1.29, 1.82) is 0 Å². The summed E-state index contributed by atoms with van der Waals surface area (Å²) >= 11 is 1.18. The molecular weight excluding hydrogens is 438 g/mol. The second kappa shape index (κ2) is 8.25. The number of benzene rings is 1. The maximum absolute atomic E-state index is 14.4. The smallest absolute Gasteiger partial charge is 0.323 e. The number of methoxy groups -OCH3 is 1. The predicted octanol–water partition coefficient (Wildman–Crippen LogP) is 4.68. The van der Waals surface area contributed by atoms with Gasteiger partial charge in [0.25, 0.3) is 0 Å². The number of amides is 2. The van der Waals surface area contributed by atoms with Gasteiger partial charge in [-0.2, -0.15) is 0 Å². The van der Waals surface area contributed by atoms with Crippen molar-refractivity contribution in [3.8, 4) is 17.0 Å². The van der Waals surface area contributed by atoms with Gasteiger partial charge in [-0.1, -0.05) is 11.3 Å². The van der Waals surface area contributed by atoms with Crippen molar-refractivity contribution in [3.63, 3.8) is 0 Å². The molecule has 2 fully saturated rings. The van der Waals surface area contributed by atoms with Gasteiger partial charge < -0.3 is 14.4 Å². The number of hydrogen-bond acceptors (Lipinski definition) is 6. The monoisotopic (exact) mass is 460 g/mol. The summed E-state index contributed by atoms with van der Waals surface area (Å²) in [6, 6.07) is 3.03. The first kappa shape index (κ1) is 21.0. The van der Waals surface area contributed by atoms with Crippen LogP contribution in [0.25, 0.3) is 21.3 Å². The van der Waals surface area contributed by atoms with E-state index in [1.807, 2.05) is 0 Å². The van der Waals surface area contributed by atoms with Gasteiger partial charge >= 0.3 is 6.03 Å². The Hall–Kier alpha value is -2.85. The lowest BCUT2D eigenvalue weighted by atomic mass is 9.80. The van der Waals surface area contributed by atoms with Crippen molar-refractivity contribution >= 4 is 32.7 Å². The fourth-order valence-electron chi connectivity index (χ4n) is 4.48. The number of aromatic nitrogens is 2. The fourth-order valence-corrected chi connectivity index (χ4v) is 5.45. The van der Waals surface area contributed by atoms with Crippen molar-refractivity contribution in [1.82, 2.24) is 14.9 Å². The van der Waals surface area contributed by atoms with Crippen molar-refractivity contribution in [2.45, 2.75) is 19.3 Å². The van der Waals surface area contributed by atoms with E-state index in [9.17, 15) is 13.6 Å². The first-order chi connectivity index (χ1) is 15.5. The largest absolute Gasteiger partial charge is 0.479 e. The van der Waals surface area contributed by atoms with Crippen molar-refractivity contribution < 1.29 is 23.0 Å². The van der Waals surface area contributed by atoms with Crippen LogP contribution in [0.4, 0.5) is 18.7 Å². The zero-order valence-electron chi connectivity index (χ0n) is 17.5. The quantitative estimate of drug-likeness (QED) is 0.614. The van der Waals surface area contributed by atoms with Crippen LogP contribution in [0.3, 0.4) is 0 Å². The second-order valence-electron chi connectivity index (χ2n) is 8.22. The van der Waals surface area contributed by atoms with Gasteiger partial charge in [-0.3, -0.25) is 5.32 Å². The summed E-state index contributed by atoms with van der Waals surface area (Å²) in [6.45, 7) is 2.85. The average Bonchev–Trinajstić information content (AvgIpc) is 3.40. The molecule has 0 radical (unpaired) electrons. The predicted molar refractivity (Wildman–Crippen MR) is 117 cm³/mol. The summed E-state index contributed by atoms with van der Waals surface area (Å²) in [5.74, 6) is -0.878. The highest BCUT2D eigenvalue weighted by Crippen LogP contribution is 2.41. The molecule has 2 aromatic heterocycles. The molecule has 1 aromatic carbocycles. The third-order valence-corrected chi connectivity index (χ3v) is 7.29. The molecule has 2 aliphatic rings. The number of thiazole rings is 1. The van der Waals surface area contributed by atoms with E-state index >= 15 is 0 Å². The molecule has 7 nitrogen and oxygen atoms in total. The molecule has 1 N–H and O–H groups in total. The number of likely N-dealkylation sites (tertiary alicyclic amines) is 1. The van der Waals surface area contributed by atoms with Gasteiger partial charge in [-0.05, 0) is 42.9 Å². The zero-order valence-corrected chi connectivity index (χ0v) is 18.3. The Bertz CT molecular complexity index is 1180. The Kier molecular flexibility index (Phi) is 5.42. The first-order valence-corrected chi connectivity index (χ1v) is 11.2. The molecule has 32 heavy (non-hydrogen) atoms. The Labute approximate surface area is 187 Å². The minimum atomic E-state index is -0.572. The highest BCUT2D eigenvalue weighted by atomic mass is 32.1. The number of nitrogens with zero attached hydrogens (tertiary/aromatic N) is 3. The summed E-state index contributed by atoms with van der Waals surface area (Å²) in [5.41, 5.74) is 0.986. The Morgan fingerprint density at radius 3 is 2.84 bits per heavy atom. The molecule has 3 aromatic rings. The number of pyridine rings is 1. The van der Waals surface area contributed by atoms with Gasteiger partial charge in [0.2, 0.25) is 5.88 Å². The number of anilines is 1. The third kappa shape index (κ3) is 3.77. The Balaban J connectivity index is 1.44. The van der Waals surface area contributed by atoms with Gasteiger partial charge in [0.05, 0.1) is 11.8 Å². The van der Waals surface area contributed by atoms with E-state index in [0.29, 0.717) is 34.0 Å². The van der Waals surface area contributed by atoms with Gasteiger partial charge in [0.15, 0.2) is 5.13 Å². The van der Waals surface area contributed by atoms with Crippen molar-refractivity contribution in [3.05, 3.63) is 36.0 Å². The molecule has 168 valence electrons. The van der Waals surface area contributed by atoms with Crippen LogP contribution in [-0.2, 0) is 4.74 Å². The van der Waals surface area contributed by atoms with Crippen LogP contribution in [0.15, 0.2) is 24.4 Å². The fraction of sp³-hybridized carbons (Fsp3) is 0.409. The maximum Gasteiger partial charge on any atom is 0.323 e. The molecule has 5 rings (SSSR count). The van der Waals surface area contributed by atoms with Gasteiger partial charge in [-0.15, -0.1) is 0 Å². The maximum atomic E-state index is 14.4. The van der Waals surface area contributed by atoms with Gasteiger partial charge in [-0.25, -0.2) is 23.5 Å². The summed E-state index contributed by atoms with van der Waals surface area (Å²) < 4.78 is 39.5. The number of carbonyl (C=O) groups is 1. The lowest BCUT2D eigenvalue weighted by Crippen LogP contribution is -2.37. The molecule has 0 atom stereocenters. The number of nitrogens with one attached hydrogen (secondary N) is 1. The van der Waals surface area contributed by atoms with E-state index in [2.05, 4.69) is 15.3 Å². The molecule has 0 saturated carbocycles. The molecule has 1 spiro atoms. The SMILES string of the molecule is COc1ncc(-c2cc(F)ccc2F)c2sc(NC(=O)N3CCC4(CCOCC4)C3)nc12. The van der Waals surface area contributed by atoms with E-state index in [1.165, 1.54) is 24.6 Å². The number of halogens is 2. The highest BCUT2D eigenvalue weighted by Gasteiger charge is 2.41. The third-order valence-electron chi connectivity index (χ3n) is 6.29. The molecule has 0 unspecified atom stereocenters. The summed E-state index contributed by atoms with van der Waals surface area (Å²) in [6.07, 6.45) is 4.31. The summed E-state index contributed by atoms with van der Waals surface area (Å²) in [7, 11) is 1.46. The van der Waals surface area contributed by atoms with E-state index < -0.39 is 11.6 Å². The molecule has 0 aliphatic carbocycles. The number of hydrogen-bond donors (Lipinski definition) is 1. The molecule has 4 heterocycles. The molecular formula is C22H22F2N4O3S. The average molecular weight is 461 g/mol. The zero-order chi connectivity index (χ0) is 22.3. The first-order valence-electron chi connectivity index (χ1n) is 10.4. The van der Waals surface area contributed by atoms with Gasteiger partial charge in [0.1, 0.15) is 17.2 Å². The number of carbonyl (C=O) groups excluding carboxylic acids is 1. The van der Waals surface area contributed by atoms with Crippen LogP contribution in [-0.4, -0.2) is 54.3 Å². The number of ether oxygens (including phenoxy) is 2. The minimum absolute atomic E-state index is 0.0766. The number of rotatable bonds is 3. The van der Waals surface area contributed by atoms with E-state index in [0.717, 1.165) is 50.7 Å². The van der Waals surface area contributed by atoms with E-state index in [4.69, 9.17) is 9.47 Å². The van der Waals surface area contributed by atoms with Crippen molar-refractivity contribution in [2.24, 2.45) is 5.41 Å². The lowest BCUT2D eigenvalue weighted by Gasteiger charge is -2.33. The van der Waals surface area contributed by atoms with Crippen LogP contribution in [0.5, 0.6) is 5.88 Å². The van der Waals surface area contributed by atoms with E-state index in [1.54, 1.807) is 4.90 Å². The second-order valence-corrected chi connectivity index (χ2v) is 9.22. The van der Waals surface area contributed by atoms with E-state index in [-0.39, 0.29) is 22.9 Å². The number of fused-ring (bicyclic) bond motifs is 1. The highest BCUT2D eigenvalue weighted by molar-refractivity contribution is 7.23. The molecule has 2 aliphatic heterocycles. The Morgan fingerprint density at radius 1 is 1.25 bits per heavy atom. The van der Waals surface area contributed by atoms with Crippen molar-refractivity contribution in [2.75, 3.05) is 38.7 Å². The van der Waals surface area contributed by atoms with Crippen LogP contribution in [0.1, 0.15) is 19.3 Å². The molecule has 10 heteroatoms. The normalized spacial score (nSPS) is 17.8. The molecule has 2 amide bonds. The molecule has 0 bridgehead atoms. The topological polar surface area (TPSA) is 76.6 Å². The van der Waals surface area contributed by atoms with Crippen LogP contribution in [0.2, 0.25) is 0 Å². The lowest BCUT2D eigenvalue weighted by molar-refractivity contribution is 0.0211. The van der Waals surface area contributed by atoms with Gasteiger partial charge in [0, 0.05) is 43.6 Å². The standard InChI is InChI=1S/C22H22F2N4O3S/c1-30-19-17-18(15(11-25-19)14-10-13(23)2-3-16(14)24)32-20(26-17)27-21(29)28-7-4-22(12-28)5-8-31-9-6-22/h2-3,10-11H,4-9,12H2,1H3,(H,26,27,29). The minimum Gasteiger partial charge on any atom is -0.479 e. The molecule has 2 saturated heterocycles. The van der Waals surface area contributed by atoms with Crippen LogP contribution >= 0.6 is 11.3 Å². The summed E-state index contributed by atoms with van der Waals surface area (Å²) in [4.78, 5) is 23.4. The summed E-state index contributed by atoms with van der Waals surface area (Å²) in [5, 5.41) is 3.21. The van der Waals surface area contributed by atoms with Crippen LogP contribution in [0, 0.1) is 17.0 Å². The number of urea groups is 1. The Morgan fingerprint density at radius 2 is 2.06 bits per heavy atom. The van der Waals surface area contributed by atoms with Crippen LogP contribution < -0.4 is 10.1 Å².